The summed E-state index contributed by atoms with van der Waals surface area (Å²) in [6.07, 6.45) is 12.3. The molecule has 0 aromatic heterocycles. The number of anilines is 1. The molecule has 4 rings (SSSR count). The zero-order valence-corrected chi connectivity index (χ0v) is 29.8. The molecule has 0 saturated carbocycles. The largest absolute Gasteiger partial charge is 1.00 e. The third kappa shape index (κ3) is 11.5. The van der Waals surface area contributed by atoms with Crippen molar-refractivity contribution in [1.29, 1.82) is 5.26 Å². The van der Waals surface area contributed by atoms with Crippen LogP contribution in [-0.2, 0) is 10.1 Å². The van der Waals surface area contributed by atoms with Gasteiger partial charge in [-0.05, 0) is 43.7 Å². The second-order valence-corrected chi connectivity index (χ2v) is 11.2. The third-order valence-electron chi connectivity index (χ3n) is 6.93. The number of nitriles is 1. The van der Waals surface area contributed by atoms with E-state index < -0.39 is 10.1 Å². The molecule has 2 aliphatic rings. The molecule has 0 amide bonds. The van der Waals surface area contributed by atoms with Crippen molar-refractivity contribution in [2.45, 2.75) is 65.7 Å². The standard InChI is InChI=1S/C30H32N2O.C2H6.CH5N.CH4O3S.Na/c1-4-5-12-19-32-27(22(3)23-13-8-11-18-28(23)32)17-10-9-16-26-29(21(2)20-31)24-14-6-7-15-25(24)30(26)33;2*1-2;1-5(2,3)4;/h6-11,13-18,21-22,29H,4-5,12,19H2,1-3H3;1-2H3;2H2,1H3;1H3,(H,2,3,4);/q;;;;+1/p-1/b10-9+,26-16+,27-17-;;;;. The van der Waals surface area contributed by atoms with Crippen molar-refractivity contribution in [2.24, 2.45) is 11.7 Å². The van der Waals surface area contributed by atoms with Crippen molar-refractivity contribution >= 4 is 21.6 Å². The molecule has 43 heavy (non-hydrogen) atoms. The van der Waals surface area contributed by atoms with Gasteiger partial charge in [0.1, 0.15) is 0 Å². The maximum Gasteiger partial charge on any atom is 1.00 e. The SMILES string of the molecule is CC.CCCCCN1\C(=C/C=C/C=C2/C(=O)c3ccccc3C2C(C)C#N)C(C)c2ccccc21.CN.CS(=O)(=O)[O-].[Na+]. The number of carbonyl (C=O) groups is 1. The molecular formula is C34H46N3NaO4S. The quantitative estimate of drug-likeness (QED) is 0.215. The fourth-order valence-electron chi connectivity index (χ4n) is 5.18. The van der Waals surface area contributed by atoms with Crippen LogP contribution in [0.3, 0.4) is 0 Å². The van der Waals surface area contributed by atoms with Gasteiger partial charge in [-0.25, -0.2) is 8.42 Å². The summed E-state index contributed by atoms with van der Waals surface area (Å²) in [6, 6.07) is 18.7. The number of para-hydroxylation sites is 1. The van der Waals surface area contributed by atoms with E-state index in [9.17, 15) is 10.1 Å². The summed E-state index contributed by atoms with van der Waals surface area (Å²) in [5.41, 5.74) is 10.9. The first kappa shape index (κ1) is 40.5. The van der Waals surface area contributed by atoms with Crippen LogP contribution in [0.25, 0.3) is 0 Å². The van der Waals surface area contributed by atoms with Crippen molar-refractivity contribution < 1.29 is 47.3 Å². The van der Waals surface area contributed by atoms with Gasteiger partial charge in [0.2, 0.25) is 0 Å². The molecular weight excluding hydrogens is 569 g/mol. The van der Waals surface area contributed by atoms with Gasteiger partial charge in [-0.2, -0.15) is 5.26 Å². The number of allylic oxidation sites excluding steroid dienone is 6. The van der Waals surface area contributed by atoms with E-state index in [4.69, 9.17) is 13.0 Å². The first-order chi connectivity index (χ1) is 20.1. The van der Waals surface area contributed by atoms with Gasteiger partial charge in [-0.3, -0.25) is 4.79 Å². The molecule has 228 valence electrons. The number of unbranched alkanes of at least 4 members (excludes halogenated alkanes) is 2. The summed E-state index contributed by atoms with van der Waals surface area (Å²) < 4.78 is 27.2. The minimum absolute atomic E-state index is 0. The van der Waals surface area contributed by atoms with E-state index in [2.05, 4.69) is 60.9 Å². The monoisotopic (exact) mass is 615 g/mol. The van der Waals surface area contributed by atoms with Gasteiger partial charge in [0.15, 0.2) is 5.78 Å². The minimum Gasteiger partial charge on any atom is -0.748 e. The molecule has 0 radical (unpaired) electrons. The van der Waals surface area contributed by atoms with Gasteiger partial charge in [0, 0.05) is 47.2 Å². The van der Waals surface area contributed by atoms with E-state index in [1.54, 1.807) is 0 Å². The summed E-state index contributed by atoms with van der Waals surface area (Å²) in [4.78, 5) is 15.5. The van der Waals surface area contributed by atoms with Gasteiger partial charge in [0.25, 0.3) is 0 Å². The summed E-state index contributed by atoms with van der Waals surface area (Å²) in [5, 5.41) is 9.55. The molecule has 0 spiro atoms. The van der Waals surface area contributed by atoms with Crippen LogP contribution in [0.2, 0.25) is 0 Å². The van der Waals surface area contributed by atoms with E-state index >= 15 is 0 Å². The topological polar surface area (TPSA) is 127 Å². The molecule has 9 heteroatoms. The van der Waals surface area contributed by atoms with Gasteiger partial charge in [0.05, 0.1) is 22.1 Å². The van der Waals surface area contributed by atoms with Gasteiger partial charge in [-0.1, -0.05) is 101 Å². The number of rotatable bonds is 7. The maximum atomic E-state index is 13.0. The summed E-state index contributed by atoms with van der Waals surface area (Å²) in [5.74, 6) is -0.0492. The molecule has 3 atom stereocenters. The molecule has 2 aromatic rings. The van der Waals surface area contributed by atoms with Crippen molar-refractivity contribution in [3.8, 4) is 6.07 Å². The molecule has 1 aliphatic heterocycles. The molecule has 2 N–H and O–H groups in total. The van der Waals surface area contributed by atoms with Crippen LogP contribution >= 0.6 is 0 Å². The molecule has 0 bridgehead atoms. The Balaban J connectivity index is 0.00000158. The Labute approximate surface area is 281 Å². The summed E-state index contributed by atoms with van der Waals surface area (Å²) in [6.45, 7) is 11.4. The second-order valence-electron chi connectivity index (χ2n) is 9.75. The zero-order valence-electron chi connectivity index (χ0n) is 27.0. The molecule has 3 unspecified atom stereocenters. The number of hydrogen-bond donors (Lipinski definition) is 1. The number of Topliss-reactive ketones (excluding diaryl/α,β-unsaturated/α-hetero) is 1. The number of nitrogens with zero attached hydrogens (tertiary/aromatic N) is 2. The fourth-order valence-corrected chi connectivity index (χ4v) is 5.18. The summed E-state index contributed by atoms with van der Waals surface area (Å²) in [7, 11) is -2.42. The normalized spacial score (nSPS) is 19.1. The van der Waals surface area contributed by atoms with Crippen LogP contribution in [0.4, 0.5) is 5.69 Å². The van der Waals surface area contributed by atoms with E-state index in [-0.39, 0.29) is 47.2 Å². The van der Waals surface area contributed by atoms with Gasteiger partial charge >= 0.3 is 29.6 Å². The Bertz CT molecular complexity index is 1400. The molecule has 7 nitrogen and oxygen atoms in total. The van der Waals surface area contributed by atoms with Crippen LogP contribution in [0, 0.1) is 17.2 Å². The molecule has 1 heterocycles. The average Bonchev–Trinajstić information content (AvgIpc) is 3.42. The Morgan fingerprint density at radius 2 is 1.56 bits per heavy atom. The van der Waals surface area contributed by atoms with Gasteiger partial charge < -0.3 is 15.2 Å². The van der Waals surface area contributed by atoms with Crippen LogP contribution in [0.1, 0.15) is 87.2 Å². The van der Waals surface area contributed by atoms with Crippen molar-refractivity contribution in [2.75, 3.05) is 24.7 Å². The maximum absolute atomic E-state index is 13.0. The molecule has 1 aliphatic carbocycles. The molecule has 0 fully saturated rings. The fraction of sp³-hybridized carbons (Fsp3) is 0.412. The molecule has 2 aromatic carbocycles. The number of carbonyl (C=O) groups excluding carboxylic acids is 1. The van der Waals surface area contributed by atoms with Crippen molar-refractivity contribution in [3.63, 3.8) is 0 Å². The van der Waals surface area contributed by atoms with Crippen molar-refractivity contribution in [3.05, 3.63) is 101 Å². The predicted octanol–water partition coefficient (Wildman–Crippen LogP) is 4.07. The Kier molecular flexibility index (Phi) is 19.3. The van der Waals surface area contributed by atoms with Crippen LogP contribution in [0.5, 0.6) is 0 Å². The Morgan fingerprint density at radius 1 is 1.02 bits per heavy atom. The van der Waals surface area contributed by atoms with E-state index in [0.717, 1.165) is 17.7 Å². The average molecular weight is 616 g/mol. The second kappa shape index (κ2) is 20.4. The number of nitrogens with two attached hydrogens (primary N) is 1. The van der Waals surface area contributed by atoms with E-state index in [1.165, 1.54) is 43.3 Å². The third-order valence-corrected chi connectivity index (χ3v) is 6.93. The van der Waals surface area contributed by atoms with Gasteiger partial charge in [-0.15, -0.1) is 0 Å². The van der Waals surface area contributed by atoms with E-state index in [1.807, 2.05) is 63.3 Å². The first-order valence-corrected chi connectivity index (χ1v) is 16.4. The Morgan fingerprint density at radius 3 is 2.14 bits per heavy atom. The summed E-state index contributed by atoms with van der Waals surface area (Å²) >= 11 is 0. The number of fused-ring (bicyclic) bond motifs is 2. The van der Waals surface area contributed by atoms with E-state index in [0.29, 0.717) is 17.7 Å². The van der Waals surface area contributed by atoms with Crippen LogP contribution in [-0.4, -0.2) is 38.6 Å². The van der Waals surface area contributed by atoms with Crippen molar-refractivity contribution in [1.82, 2.24) is 0 Å². The van der Waals surface area contributed by atoms with Crippen LogP contribution in [0.15, 0.2) is 84.1 Å². The number of ketones is 1. The minimum atomic E-state index is -3.92. The smallest absolute Gasteiger partial charge is 0.748 e. The predicted molar refractivity (Wildman–Crippen MR) is 172 cm³/mol. The van der Waals surface area contributed by atoms with Crippen LogP contribution < -0.4 is 40.2 Å². The first-order valence-electron chi connectivity index (χ1n) is 14.5. The molecule has 0 saturated heterocycles. The zero-order chi connectivity index (χ0) is 31.9. The number of benzene rings is 2. The Hall–Kier alpha value is -2.51. The number of hydrogen-bond acceptors (Lipinski definition) is 7.